The molecule has 0 saturated heterocycles. The molecule has 2 aromatic rings. The highest BCUT2D eigenvalue weighted by Gasteiger charge is 2.14. The lowest BCUT2D eigenvalue weighted by molar-refractivity contribution is 0.0940. The third kappa shape index (κ3) is 2.68. The normalized spacial score (nSPS) is 11.9. The number of pyridine rings is 1. The third-order valence-corrected chi connectivity index (χ3v) is 3.43. The first-order valence-electron chi connectivity index (χ1n) is 5.67. The summed E-state index contributed by atoms with van der Waals surface area (Å²) in [5.41, 5.74) is 2.45. The van der Waals surface area contributed by atoms with Crippen molar-refractivity contribution < 1.29 is 4.79 Å². The van der Waals surface area contributed by atoms with Crippen LogP contribution in [-0.4, -0.2) is 17.9 Å². The second-order valence-electron chi connectivity index (χ2n) is 3.92. The fourth-order valence-electron chi connectivity index (χ4n) is 1.67. The fraction of sp³-hybridized carbons (Fsp3) is 0.231. The Bertz CT molecular complexity index is 525. The molecule has 4 nitrogen and oxygen atoms in total. The topological polar surface area (TPSA) is 54.0 Å². The number of nitrogens with zero attached hydrogens (tertiary/aromatic N) is 1. The molecule has 2 heterocycles. The van der Waals surface area contributed by atoms with Crippen LogP contribution in [-0.2, 0) is 0 Å². The molecule has 0 spiro atoms. The van der Waals surface area contributed by atoms with E-state index >= 15 is 0 Å². The molecule has 2 rings (SSSR count). The van der Waals surface area contributed by atoms with Crippen LogP contribution in [0.15, 0.2) is 35.3 Å². The van der Waals surface area contributed by atoms with Gasteiger partial charge in [-0.15, -0.1) is 0 Å². The van der Waals surface area contributed by atoms with Gasteiger partial charge in [-0.3, -0.25) is 9.78 Å². The molecular formula is C13H15N3OS. The van der Waals surface area contributed by atoms with E-state index in [2.05, 4.69) is 15.6 Å². The number of rotatable bonds is 4. The van der Waals surface area contributed by atoms with Crippen molar-refractivity contribution in [2.24, 2.45) is 0 Å². The van der Waals surface area contributed by atoms with Gasteiger partial charge in [0.1, 0.15) is 0 Å². The van der Waals surface area contributed by atoms with E-state index < -0.39 is 0 Å². The van der Waals surface area contributed by atoms with Crippen LogP contribution in [0.3, 0.4) is 0 Å². The Balaban J connectivity index is 2.12. The van der Waals surface area contributed by atoms with E-state index in [0.29, 0.717) is 5.56 Å². The zero-order chi connectivity index (χ0) is 13.0. The SMILES string of the molecule is CNc1cnccc1C(=O)NC(C)c1ccsc1. The first-order chi connectivity index (χ1) is 8.72. The molecule has 18 heavy (non-hydrogen) atoms. The number of anilines is 1. The number of aromatic nitrogens is 1. The summed E-state index contributed by atoms with van der Waals surface area (Å²) in [7, 11) is 1.77. The van der Waals surface area contributed by atoms with Crippen molar-refractivity contribution in [2.75, 3.05) is 12.4 Å². The van der Waals surface area contributed by atoms with Crippen molar-refractivity contribution in [3.8, 4) is 0 Å². The second kappa shape index (κ2) is 5.64. The zero-order valence-electron chi connectivity index (χ0n) is 10.3. The van der Waals surface area contributed by atoms with Crippen LogP contribution in [0, 0.1) is 0 Å². The molecule has 0 aromatic carbocycles. The first kappa shape index (κ1) is 12.6. The Hall–Kier alpha value is -1.88. The molecule has 0 saturated carbocycles. The van der Waals surface area contributed by atoms with Gasteiger partial charge in [0.15, 0.2) is 0 Å². The molecule has 5 heteroatoms. The van der Waals surface area contributed by atoms with Crippen molar-refractivity contribution >= 4 is 22.9 Å². The van der Waals surface area contributed by atoms with Gasteiger partial charge in [-0.05, 0) is 35.4 Å². The van der Waals surface area contributed by atoms with E-state index in [1.54, 1.807) is 36.8 Å². The molecule has 94 valence electrons. The molecule has 1 amide bonds. The first-order valence-corrected chi connectivity index (χ1v) is 6.61. The summed E-state index contributed by atoms with van der Waals surface area (Å²) < 4.78 is 0. The molecule has 0 aliphatic heterocycles. The van der Waals surface area contributed by atoms with Crippen LogP contribution in [0.4, 0.5) is 5.69 Å². The number of carbonyl (C=O) groups excluding carboxylic acids is 1. The predicted octanol–water partition coefficient (Wildman–Crippen LogP) is 2.68. The smallest absolute Gasteiger partial charge is 0.253 e. The molecule has 1 atom stereocenters. The van der Waals surface area contributed by atoms with Gasteiger partial charge in [-0.25, -0.2) is 0 Å². The second-order valence-corrected chi connectivity index (χ2v) is 4.70. The average molecular weight is 261 g/mol. The van der Waals surface area contributed by atoms with Crippen molar-refractivity contribution in [1.29, 1.82) is 0 Å². The Morgan fingerprint density at radius 1 is 1.44 bits per heavy atom. The summed E-state index contributed by atoms with van der Waals surface area (Å²) in [5, 5.41) is 9.98. The lowest BCUT2D eigenvalue weighted by Gasteiger charge is -2.14. The summed E-state index contributed by atoms with van der Waals surface area (Å²) in [4.78, 5) is 16.1. The van der Waals surface area contributed by atoms with Crippen molar-refractivity contribution in [3.63, 3.8) is 0 Å². The summed E-state index contributed by atoms with van der Waals surface area (Å²) in [5.74, 6) is -0.0968. The summed E-state index contributed by atoms with van der Waals surface area (Å²) in [6, 6.07) is 3.73. The number of hydrogen-bond donors (Lipinski definition) is 2. The van der Waals surface area contributed by atoms with Crippen molar-refractivity contribution in [1.82, 2.24) is 10.3 Å². The molecule has 2 aromatic heterocycles. The number of thiophene rings is 1. The van der Waals surface area contributed by atoms with Gasteiger partial charge >= 0.3 is 0 Å². The van der Waals surface area contributed by atoms with Gasteiger partial charge in [0, 0.05) is 13.2 Å². The van der Waals surface area contributed by atoms with E-state index in [-0.39, 0.29) is 11.9 Å². The van der Waals surface area contributed by atoms with Gasteiger partial charge in [0.2, 0.25) is 0 Å². The molecule has 2 N–H and O–H groups in total. The van der Waals surface area contributed by atoms with Crippen LogP contribution < -0.4 is 10.6 Å². The maximum atomic E-state index is 12.2. The quantitative estimate of drug-likeness (QED) is 0.889. The average Bonchev–Trinajstić information content (AvgIpc) is 2.92. The van der Waals surface area contributed by atoms with E-state index in [1.807, 2.05) is 23.8 Å². The highest BCUT2D eigenvalue weighted by Crippen LogP contribution is 2.18. The Morgan fingerprint density at radius 2 is 2.28 bits per heavy atom. The largest absolute Gasteiger partial charge is 0.386 e. The van der Waals surface area contributed by atoms with Crippen molar-refractivity contribution in [3.05, 3.63) is 46.4 Å². The van der Waals surface area contributed by atoms with Gasteiger partial charge in [0.05, 0.1) is 23.5 Å². The molecule has 0 fully saturated rings. The molecule has 0 aliphatic carbocycles. The van der Waals surface area contributed by atoms with Crippen LogP contribution in [0.25, 0.3) is 0 Å². The van der Waals surface area contributed by atoms with E-state index in [9.17, 15) is 4.79 Å². The van der Waals surface area contributed by atoms with Gasteiger partial charge in [0.25, 0.3) is 5.91 Å². The Morgan fingerprint density at radius 3 is 2.94 bits per heavy atom. The lowest BCUT2D eigenvalue weighted by atomic mass is 10.1. The number of carbonyl (C=O) groups is 1. The maximum Gasteiger partial charge on any atom is 0.253 e. The highest BCUT2D eigenvalue weighted by atomic mass is 32.1. The third-order valence-electron chi connectivity index (χ3n) is 2.73. The lowest BCUT2D eigenvalue weighted by Crippen LogP contribution is -2.27. The maximum absolute atomic E-state index is 12.2. The molecule has 1 unspecified atom stereocenters. The number of amides is 1. The monoisotopic (exact) mass is 261 g/mol. The molecule has 0 aliphatic rings. The van der Waals surface area contributed by atoms with Crippen LogP contribution in [0.5, 0.6) is 0 Å². The minimum Gasteiger partial charge on any atom is -0.386 e. The van der Waals surface area contributed by atoms with Crippen LogP contribution in [0.1, 0.15) is 28.9 Å². The van der Waals surface area contributed by atoms with Crippen LogP contribution >= 0.6 is 11.3 Å². The van der Waals surface area contributed by atoms with Gasteiger partial charge < -0.3 is 10.6 Å². The van der Waals surface area contributed by atoms with Crippen molar-refractivity contribution in [2.45, 2.75) is 13.0 Å². The Kier molecular flexibility index (Phi) is 3.94. The van der Waals surface area contributed by atoms with E-state index in [1.165, 1.54) is 0 Å². The standard InChI is InChI=1S/C13H15N3OS/c1-9(10-4-6-18-8-10)16-13(17)11-3-5-15-7-12(11)14-2/h3-9,14H,1-2H3,(H,16,17). The minimum atomic E-state index is -0.0968. The number of nitrogens with one attached hydrogen (secondary N) is 2. The fourth-order valence-corrected chi connectivity index (χ4v) is 2.42. The van der Waals surface area contributed by atoms with Gasteiger partial charge in [-0.1, -0.05) is 0 Å². The Labute approximate surface area is 110 Å². The van der Waals surface area contributed by atoms with Gasteiger partial charge in [-0.2, -0.15) is 11.3 Å². The minimum absolute atomic E-state index is 0.00150. The summed E-state index contributed by atoms with van der Waals surface area (Å²) >= 11 is 1.62. The molecule has 0 bridgehead atoms. The summed E-state index contributed by atoms with van der Waals surface area (Å²) in [6.07, 6.45) is 3.26. The highest BCUT2D eigenvalue weighted by molar-refractivity contribution is 7.07. The van der Waals surface area contributed by atoms with E-state index in [4.69, 9.17) is 0 Å². The zero-order valence-corrected chi connectivity index (χ0v) is 11.1. The van der Waals surface area contributed by atoms with Crippen LogP contribution in [0.2, 0.25) is 0 Å². The summed E-state index contributed by atoms with van der Waals surface area (Å²) in [6.45, 7) is 1.97. The number of hydrogen-bond acceptors (Lipinski definition) is 4. The predicted molar refractivity (Wildman–Crippen MR) is 74.0 cm³/mol. The molecule has 0 radical (unpaired) electrons. The molecular weight excluding hydrogens is 246 g/mol. The van der Waals surface area contributed by atoms with E-state index in [0.717, 1.165) is 11.3 Å².